The van der Waals surface area contributed by atoms with E-state index in [1.54, 1.807) is 11.3 Å². The summed E-state index contributed by atoms with van der Waals surface area (Å²) in [5.41, 5.74) is 0.866. The maximum atomic E-state index is 5.91. The Morgan fingerprint density at radius 2 is 2.32 bits per heavy atom. The van der Waals surface area contributed by atoms with Crippen molar-refractivity contribution in [1.82, 2.24) is 19.9 Å². The van der Waals surface area contributed by atoms with Crippen LogP contribution in [-0.2, 0) is 6.54 Å². The van der Waals surface area contributed by atoms with Gasteiger partial charge in [0.1, 0.15) is 0 Å². The molecule has 0 aliphatic rings. The van der Waals surface area contributed by atoms with E-state index >= 15 is 0 Å². The first kappa shape index (κ1) is 12.6. The molecule has 0 saturated carbocycles. The summed E-state index contributed by atoms with van der Waals surface area (Å²) in [5, 5.41) is 14.6. The summed E-state index contributed by atoms with van der Waals surface area (Å²) in [6, 6.07) is 7.99. The summed E-state index contributed by atoms with van der Waals surface area (Å²) in [4.78, 5) is 1.21. The van der Waals surface area contributed by atoms with Gasteiger partial charge in [0, 0.05) is 23.0 Å². The minimum atomic E-state index is 0.123. The number of aromatic nitrogens is 3. The summed E-state index contributed by atoms with van der Waals surface area (Å²) < 4.78 is 2.00. The van der Waals surface area contributed by atoms with Crippen LogP contribution < -0.4 is 5.32 Å². The fraction of sp³-hybridized carbons (Fsp3) is 0.231. The lowest BCUT2D eigenvalue weighted by Gasteiger charge is -2.11. The van der Waals surface area contributed by atoms with E-state index in [1.807, 2.05) is 40.2 Å². The quantitative estimate of drug-likeness (QED) is 0.802. The van der Waals surface area contributed by atoms with Crippen molar-refractivity contribution >= 4 is 28.6 Å². The molecule has 6 heteroatoms. The molecule has 0 aliphatic carbocycles. The molecule has 4 nitrogen and oxygen atoms in total. The Bertz CT molecular complexity index is 691. The second-order valence-corrected chi connectivity index (χ2v) is 5.75. The van der Waals surface area contributed by atoms with Gasteiger partial charge < -0.3 is 5.32 Å². The number of pyridine rings is 1. The van der Waals surface area contributed by atoms with Gasteiger partial charge in [0.05, 0.1) is 11.1 Å². The standard InChI is InChI=1S/C13H13ClN4S/c1-9(15-7-11-6-10(14)8-19-11)13-17-16-12-4-2-3-5-18(12)13/h2-6,8-9,15H,7H2,1H3. The Morgan fingerprint density at radius 1 is 1.42 bits per heavy atom. The van der Waals surface area contributed by atoms with E-state index in [9.17, 15) is 0 Å². The minimum absolute atomic E-state index is 0.123. The van der Waals surface area contributed by atoms with Crippen LogP contribution in [0.4, 0.5) is 0 Å². The molecule has 3 aromatic heterocycles. The van der Waals surface area contributed by atoms with E-state index in [4.69, 9.17) is 11.6 Å². The van der Waals surface area contributed by atoms with Gasteiger partial charge in [-0.05, 0) is 25.1 Å². The summed E-state index contributed by atoms with van der Waals surface area (Å²) in [6.07, 6.45) is 1.98. The molecule has 0 aromatic carbocycles. The SMILES string of the molecule is CC(NCc1cc(Cl)cs1)c1nnc2ccccn12. The molecule has 98 valence electrons. The molecule has 0 spiro atoms. The van der Waals surface area contributed by atoms with Crippen molar-refractivity contribution in [2.24, 2.45) is 0 Å². The van der Waals surface area contributed by atoms with Crippen molar-refractivity contribution in [2.45, 2.75) is 19.5 Å². The number of nitrogens with zero attached hydrogens (tertiary/aromatic N) is 3. The van der Waals surface area contributed by atoms with Crippen molar-refractivity contribution in [2.75, 3.05) is 0 Å². The smallest absolute Gasteiger partial charge is 0.160 e. The molecule has 3 heterocycles. The Balaban J connectivity index is 1.75. The normalized spacial score (nSPS) is 12.9. The number of thiophene rings is 1. The van der Waals surface area contributed by atoms with E-state index in [0.717, 1.165) is 23.0 Å². The first-order chi connectivity index (χ1) is 9.24. The van der Waals surface area contributed by atoms with Gasteiger partial charge >= 0.3 is 0 Å². The van der Waals surface area contributed by atoms with E-state index in [1.165, 1.54) is 4.88 Å². The average Bonchev–Trinajstić information content (AvgIpc) is 3.02. The van der Waals surface area contributed by atoms with Crippen molar-refractivity contribution < 1.29 is 0 Å². The van der Waals surface area contributed by atoms with E-state index in [0.29, 0.717) is 0 Å². The fourth-order valence-electron chi connectivity index (χ4n) is 1.95. The highest BCUT2D eigenvalue weighted by Crippen LogP contribution is 2.20. The molecule has 0 fully saturated rings. The van der Waals surface area contributed by atoms with Crippen LogP contribution in [0.1, 0.15) is 23.7 Å². The third-order valence-corrected chi connectivity index (χ3v) is 4.22. The molecular formula is C13H13ClN4S. The van der Waals surface area contributed by atoms with Crippen LogP contribution in [0, 0.1) is 0 Å². The zero-order chi connectivity index (χ0) is 13.2. The maximum absolute atomic E-state index is 5.91. The van der Waals surface area contributed by atoms with Gasteiger partial charge in [0.2, 0.25) is 0 Å². The van der Waals surface area contributed by atoms with E-state index in [2.05, 4.69) is 22.4 Å². The molecule has 1 N–H and O–H groups in total. The molecule has 19 heavy (non-hydrogen) atoms. The summed E-state index contributed by atoms with van der Waals surface area (Å²) in [6.45, 7) is 2.86. The van der Waals surface area contributed by atoms with Crippen LogP contribution >= 0.6 is 22.9 Å². The predicted molar refractivity (Wildman–Crippen MR) is 77.6 cm³/mol. The van der Waals surface area contributed by atoms with Gasteiger partial charge in [-0.2, -0.15) is 0 Å². The first-order valence-corrected chi connectivity index (χ1v) is 7.26. The zero-order valence-electron chi connectivity index (χ0n) is 10.4. The van der Waals surface area contributed by atoms with Gasteiger partial charge in [-0.15, -0.1) is 21.5 Å². The summed E-state index contributed by atoms with van der Waals surface area (Å²) in [5.74, 6) is 0.915. The molecule has 3 rings (SSSR count). The van der Waals surface area contributed by atoms with Crippen LogP contribution in [0.25, 0.3) is 5.65 Å². The Morgan fingerprint density at radius 3 is 3.11 bits per heavy atom. The average molecular weight is 293 g/mol. The predicted octanol–water partition coefficient (Wildman–Crippen LogP) is 3.30. The van der Waals surface area contributed by atoms with Crippen molar-refractivity contribution in [3.8, 4) is 0 Å². The van der Waals surface area contributed by atoms with Gasteiger partial charge in [0.25, 0.3) is 0 Å². The number of rotatable bonds is 4. The first-order valence-electron chi connectivity index (χ1n) is 6.00. The van der Waals surface area contributed by atoms with Gasteiger partial charge in [-0.1, -0.05) is 17.7 Å². The van der Waals surface area contributed by atoms with Crippen LogP contribution in [0.15, 0.2) is 35.8 Å². The molecule has 0 saturated heterocycles. The number of fused-ring (bicyclic) bond motifs is 1. The largest absolute Gasteiger partial charge is 0.303 e. The maximum Gasteiger partial charge on any atom is 0.160 e. The summed E-state index contributed by atoms with van der Waals surface area (Å²) >= 11 is 7.56. The van der Waals surface area contributed by atoms with Crippen molar-refractivity contribution in [3.05, 3.63) is 51.6 Å². The van der Waals surface area contributed by atoms with Crippen LogP contribution in [0.3, 0.4) is 0 Å². The van der Waals surface area contributed by atoms with E-state index in [-0.39, 0.29) is 6.04 Å². The second kappa shape index (κ2) is 5.28. The second-order valence-electron chi connectivity index (χ2n) is 4.32. The van der Waals surface area contributed by atoms with Gasteiger partial charge in [0.15, 0.2) is 11.5 Å². The molecule has 1 atom stereocenters. The minimum Gasteiger partial charge on any atom is -0.303 e. The molecule has 0 radical (unpaired) electrons. The van der Waals surface area contributed by atoms with Crippen molar-refractivity contribution in [3.63, 3.8) is 0 Å². The highest BCUT2D eigenvalue weighted by molar-refractivity contribution is 7.10. The van der Waals surface area contributed by atoms with Crippen LogP contribution in [-0.4, -0.2) is 14.6 Å². The molecule has 0 bridgehead atoms. The van der Waals surface area contributed by atoms with Crippen LogP contribution in [0.2, 0.25) is 5.02 Å². The molecule has 0 amide bonds. The van der Waals surface area contributed by atoms with Crippen molar-refractivity contribution in [1.29, 1.82) is 0 Å². The third-order valence-electron chi connectivity index (χ3n) is 2.93. The number of halogens is 1. The van der Waals surface area contributed by atoms with Gasteiger partial charge in [-0.3, -0.25) is 4.40 Å². The molecular weight excluding hydrogens is 280 g/mol. The summed E-state index contributed by atoms with van der Waals surface area (Å²) in [7, 11) is 0. The Labute approximate surface area is 120 Å². The van der Waals surface area contributed by atoms with Crippen LogP contribution in [0.5, 0.6) is 0 Å². The molecule has 1 unspecified atom stereocenters. The Kier molecular flexibility index (Phi) is 3.50. The third kappa shape index (κ3) is 2.63. The lowest BCUT2D eigenvalue weighted by Crippen LogP contribution is -2.19. The topological polar surface area (TPSA) is 42.2 Å². The monoisotopic (exact) mass is 292 g/mol. The lowest BCUT2D eigenvalue weighted by molar-refractivity contribution is 0.545. The number of hydrogen-bond donors (Lipinski definition) is 1. The number of hydrogen-bond acceptors (Lipinski definition) is 4. The van der Waals surface area contributed by atoms with E-state index < -0.39 is 0 Å². The molecule has 0 aliphatic heterocycles. The lowest BCUT2D eigenvalue weighted by atomic mass is 10.3. The highest BCUT2D eigenvalue weighted by Gasteiger charge is 2.12. The fourth-order valence-corrected chi connectivity index (χ4v) is 2.97. The zero-order valence-corrected chi connectivity index (χ0v) is 11.9. The Hall–Kier alpha value is -1.43. The highest BCUT2D eigenvalue weighted by atomic mass is 35.5. The van der Waals surface area contributed by atoms with Gasteiger partial charge in [-0.25, -0.2) is 0 Å². The molecule has 3 aromatic rings. The number of nitrogens with one attached hydrogen (secondary N) is 1.